The lowest BCUT2D eigenvalue weighted by Gasteiger charge is -2.23. The van der Waals surface area contributed by atoms with E-state index in [9.17, 15) is 34.4 Å². The molecule has 0 saturated heterocycles. The first kappa shape index (κ1) is 37.5. The molecule has 0 radical (unpaired) electrons. The standard InChI is InChI=1S/C35H41N5O9/c1-22(2)18-29(34(44)39-30(35(45)46)19-24-6-4-23(5-7-24)10-17-33(42)43)38-32(41)20-25-8-11-26(12-9-25)36-31(21-40(47)48)37-27-13-15-28(49-3)16-14-27/h4-9,11-16,21-22,29-30,36-37H,10,17-20H2,1-3H3,(H,38,41)(H,39,44)(H,42,43)(H,45,46). The summed E-state index contributed by atoms with van der Waals surface area (Å²) < 4.78 is 5.13. The van der Waals surface area contributed by atoms with Crippen LogP contribution in [0.15, 0.2) is 84.8 Å². The van der Waals surface area contributed by atoms with Crippen LogP contribution in [0, 0.1) is 16.0 Å². The van der Waals surface area contributed by atoms with Crippen molar-refractivity contribution >= 4 is 35.1 Å². The number of nitro groups is 1. The molecule has 260 valence electrons. The highest BCUT2D eigenvalue weighted by Gasteiger charge is 2.27. The van der Waals surface area contributed by atoms with Gasteiger partial charge in [-0.15, -0.1) is 0 Å². The summed E-state index contributed by atoms with van der Waals surface area (Å²) in [5.74, 6) is -2.46. The summed E-state index contributed by atoms with van der Waals surface area (Å²) in [6.07, 6.45) is 1.32. The van der Waals surface area contributed by atoms with Crippen molar-refractivity contribution in [3.63, 3.8) is 0 Å². The number of carbonyl (C=O) groups excluding carboxylic acids is 2. The number of carboxylic acid groups (broad SMARTS) is 2. The van der Waals surface area contributed by atoms with Crippen LogP contribution in [0.4, 0.5) is 11.4 Å². The summed E-state index contributed by atoms with van der Waals surface area (Å²) in [6.45, 7) is 3.76. The highest BCUT2D eigenvalue weighted by Crippen LogP contribution is 2.19. The molecule has 14 nitrogen and oxygen atoms in total. The van der Waals surface area contributed by atoms with Crippen LogP contribution < -0.4 is 26.0 Å². The van der Waals surface area contributed by atoms with Crippen LogP contribution in [0.2, 0.25) is 0 Å². The SMILES string of the molecule is COc1ccc(NC(=C[N+](=O)[O-])Nc2ccc(CC(=O)NC(CC(C)C)C(=O)NC(Cc3ccc(CCC(=O)O)cc3)C(=O)O)cc2)cc1. The molecule has 0 aliphatic heterocycles. The Labute approximate surface area is 283 Å². The quantitative estimate of drug-likeness (QED) is 0.0784. The lowest BCUT2D eigenvalue weighted by atomic mass is 10.00. The van der Waals surface area contributed by atoms with E-state index in [0.717, 1.165) is 11.8 Å². The summed E-state index contributed by atoms with van der Waals surface area (Å²) in [6, 6.07) is 18.1. The van der Waals surface area contributed by atoms with Gasteiger partial charge in [-0.2, -0.15) is 0 Å². The maximum Gasteiger partial charge on any atom is 0.326 e. The number of anilines is 2. The van der Waals surface area contributed by atoms with Crippen molar-refractivity contribution in [1.29, 1.82) is 0 Å². The highest BCUT2D eigenvalue weighted by atomic mass is 16.6. The maximum absolute atomic E-state index is 13.2. The molecule has 2 amide bonds. The summed E-state index contributed by atoms with van der Waals surface area (Å²) >= 11 is 0. The number of aliphatic carboxylic acids is 2. The molecule has 0 aliphatic carbocycles. The number of nitrogens with one attached hydrogen (secondary N) is 4. The van der Waals surface area contributed by atoms with Crippen LogP contribution in [0.1, 0.15) is 43.4 Å². The lowest BCUT2D eigenvalue weighted by Crippen LogP contribution is -2.52. The summed E-state index contributed by atoms with van der Waals surface area (Å²) in [7, 11) is 1.53. The molecule has 3 aromatic rings. The van der Waals surface area contributed by atoms with Gasteiger partial charge in [0.05, 0.1) is 18.5 Å². The van der Waals surface area contributed by atoms with Gasteiger partial charge in [0.1, 0.15) is 17.8 Å². The predicted octanol–water partition coefficient (Wildman–Crippen LogP) is 4.20. The third-order valence-electron chi connectivity index (χ3n) is 7.26. The van der Waals surface area contributed by atoms with Crippen molar-refractivity contribution < 1.29 is 39.1 Å². The summed E-state index contributed by atoms with van der Waals surface area (Å²) in [4.78, 5) is 59.7. The van der Waals surface area contributed by atoms with Crippen LogP contribution in [0.5, 0.6) is 5.75 Å². The fourth-order valence-electron chi connectivity index (χ4n) is 4.83. The number of hydrogen-bond donors (Lipinski definition) is 6. The van der Waals surface area contributed by atoms with Gasteiger partial charge in [0.25, 0.3) is 6.20 Å². The van der Waals surface area contributed by atoms with Gasteiger partial charge in [0.2, 0.25) is 11.8 Å². The second-order valence-electron chi connectivity index (χ2n) is 11.7. The molecule has 2 unspecified atom stereocenters. The minimum absolute atomic E-state index is 0.00278. The van der Waals surface area contributed by atoms with Crippen molar-refractivity contribution in [1.82, 2.24) is 10.6 Å². The number of ether oxygens (including phenoxy) is 1. The van der Waals surface area contributed by atoms with E-state index in [1.165, 1.54) is 7.11 Å². The van der Waals surface area contributed by atoms with Crippen LogP contribution in [-0.4, -0.2) is 58.1 Å². The number of benzene rings is 3. The number of hydrogen-bond acceptors (Lipinski definition) is 9. The Hall–Kier alpha value is -5.92. The molecular weight excluding hydrogens is 634 g/mol. The van der Waals surface area contributed by atoms with E-state index >= 15 is 0 Å². The molecule has 49 heavy (non-hydrogen) atoms. The third kappa shape index (κ3) is 13.4. The molecule has 0 saturated carbocycles. The molecule has 0 aromatic heterocycles. The molecule has 2 atom stereocenters. The minimum Gasteiger partial charge on any atom is -0.497 e. The van der Waals surface area contributed by atoms with Crippen molar-refractivity contribution in [3.05, 3.63) is 112 Å². The number of carboxylic acids is 2. The molecule has 0 fully saturated rings. The number of rotatable bonds is 19. The Morgan fingerprint density at radius 2 is 1.37 bits per heavy atom. The molecule has 0 bridgehead atoms. The number of carbonyl (C=O) groups is 4. The molecule has 3 aromatic carbocycles. The van der Waals surface area contributed by atoms with Gasteiger partial charge in [-0.05, 0) is 71.8 Å². The van der Waals surface area contributed by atoms with Crippen LogP contribution in [0.3, 0.4) is 0 Å². The summed E-state index contributed by atoms with van der Waals surface area (Å²) in [5, 5.41) is 41.1. The minimum atomic E-state index is -1.25. The van der Waals surface area contributed by atoms with Gasteiger partial charge < -0.3 is 36.2 Å². The molecule has 0 aliphatic rings. The number of methoxy groups -OCH3 is 1. The van der Waals surface area contributed by atoms with E-state index in [1.54, 1.807) is 72.8 Å². The Kier molecular flexibility index (Phi) is 14.1. The second-order valence-corrected chi connectivity index (χ2v) is 11.7. The zero-order valence-electron chi connectivity index (χ0n) is 27.5. The van der Waals surface area contributed by atoms with E-state index in [4.69, 9.17) is 9.84 Å². The van der Waals surface area contributed by atoms with Crippen molar-refractivity contribution in [2.24, 2.45) is 5.92 Å². The van der Waals surface area contributed by atoms with Crippen LogP contribution in [0.25, 0.3) is 0 Å². The molecule has 6 N–H and O–H groups in total. The molecule has 0 spiro atoms. The van der Waals surface area contributed by atoms with E-state index in [-0.39, 0.29) is 37.4 Å². The van der Waals surface area contributed by atoms with Gasteiger partial charge in [0.15, 0.2) is 5.82 Å². The molecular formula is C35H41N5O9. The molecule has 0 heterocycles. The summed E-state index contributed by atoms with van der Waals surface area (Å²) in [5.41, 5.74) is 3.17. The number of aryl methyl sites for hydroxylation is 1. The fraction of sp³-hybridized carbons (Fsp3) is 0.314. The lowest BCUT2D eigenvalue weighted by molar-refractivity contribution is -0.403. The Balaban J connectivity index is 1.61. The maximum atomic E-state index is 13.2. The van der Waals surface area contributed by atoms with Gasteiger partial charge in [-0.1, -0.05) is 50.2 Å². The van der Waals surface area contributed by atoms with Gasteiger partial charge in [-0.25, -0.2) is 4.79 Å². The topological polar surface area (TPSA) is 209 Å². The predicted molar refractivity (Wildman–Crippen MR) is 183 cm³/mol. The average molecular weight is 676 g/mol. The highest BCUT2D eigenvalue weighted by molar-refractivity contribution is 5.91. The first-order valence-corrected chi connectivity index (χ1v) is 15.6. The molecule has 3 rings (SSSR count). The Morgan fingerprint density at radius 1 is 0.816 bits per heavy atom. The van der Waals surface area contributed by atoms with Gasteiger partial charge in [-0.3, -0.25) is 24.5 Å². The monoisotopic (exact) mass is 675 g/mol. The smallest absolute Gasteiger partial charge is 0.326 e. The van der Waals surface area contributed by atoms with Crippen molar-refractivity contribution in [2.75, 3.05) is 17.7 Å². The van der Waals surface area contributed by atoms with Crippen LogP contribution in [-0.2, 0) is 38.4 Å². The number of amides is 2. The number of nitrogens with zero attached hydrogens (tertiary/aromatic N) is 1. The first-order valence-electron chi connectivity index (χ1n) is 15.6. The van der Waals surface area contributed by atoms with E-state index in [0.29, 0.717) is 34.7 Å². The largest absolute Gasteiger partial charge is 0.497 e. The molecule has 14 heteroatoms. The Morgan fingerprint density at radius 3 is 1.88 bits per heavy atom. The van der Waals surface area contributed by atoms with E-state index in [2.05, 4.69) is 21.3 Å². The second kappa shape index (κ2) is 18.4. The zero-order chi connectivity index (χ0) is 35.9. The van der Waals surface area contributed by atoms with Gasteiger partial charge in [0, 0.05) is 24.2 Å². The van der Waals surface area contributed by atoms with Gasteiger partial charge >= 0.3 is 11.9 Å². The van der Waals surface area contributed by atoms with Crippen LogP contribution >= 0.6 is 0 Å². The average Bonchev–Trinajstić information content (AvgIpc) is 3.04. The normalized spacial score (nSPS) is 12.4. The first-order chi connectivity index (χ1) is 23.3. The zero-order valence-corrected chi connectivity index (χ0v) is 27.5. The van der Waals surface area contributed by atoms with E-state index in [1.807, 2.05) is 13.8 Å². The third-order valence-corrected chi connectivity index (χ3v) is 7.26. The Bertz CT molecular complexity index is 1620. The van der Waals surface area contributed by atoms with Crippen molar-refractivity contribution in [2.45, 2.75) is 58.0 Å². The fourth-order valence-corrected chi connectivity index (χ4v) is 4.83. The van der Waals surface area contributed by atoms with Crippen molar-refractivity contribution in [3.8, 4) is 5.75 Å². The van der Waals surface area contributed by atoms with E-state index < -0.39 is 40.8 Å².